The molecule has 0 aromatic carbocycles. The Kier molecular flexibility index (Phi) is 2.50. The first-order chi connectivity index (χ1) is 8.05. The van der Waals surface area contributed by atoms with Gasteiger partial charge in [-0.2, -0.15) is 0 Å². The largest absolute Gasteiger partial charge is 0.390 e. The quantitative estimate of drug-likeness (QED) is 0.880. The molecule has 1 saturated carbocycles. The number of thiophene rings is 1. The van der Waals surface area contributed by atoms with Crippen LogP contribution < -0.4 is 5.32 Å². The fourth-order valence-corrected chi connectivity index (χ4v) is 3.30. The van der Waals surface area contributed by atoms with Gasteiger partial charge < -0.3 is 10.4 Å². The van der Waals surface area contributed by atoms with E-state index in [1.807, 2.05) is 18.4 Å². The molecule has 0 amide bonds. The maximum absolute atomic E-state index is 9.68. The number of fused-ring (bicyclic) bond motifs is 1. The predicted molar refractivity (Wildman–Crippen MR) is 69.7 cm³/mol. The van der Waals surface area contributed by atoms with Crippen molar-refractivity contribution < 1.29 is 5.11 Å². The Morgan fingerprint density at radius 1 is 1.53 bits per heavy atom. The second kappa shape index (κ2) is 3.80. The Hall–Kier alpha value is -0.910. The monoisotopic (exact) mass is 269 g/mol. The van der Waals surface area contributed by atoms with Crippen molar-refractivity contribution in [2.24, 2.45) is 0 Å². The molecule has 4 nitrogen and oxygen atoms in total. The van der Waals surface area contributed by atoms with Crippen molar-refractivity contribution in [3.05, 3.63) is 16.6 Å². The summed E-state index contributed by atoms with van der Waals surface area (Å²) in [5.41, 5.74) is -0.536. The number of halogens is 1. The molecule has 0 radical (unpaired) electrons. The highest BCUT2D eigenvalue weighted by atomic mass is 35.5. The number of hydrogen-bond acceptors (Lipinski definition) is 5. The zero-order valence-corrected chi connectivity index (χ0v) is 10.8. The van der Waals surface area contributed by atoms with Crippen LogP contribution in [0.1, 0.15) is 19.8 Å². The molecule has 0 atom stereocenters. The van der Waals surface area contributed by atoms with Gasteiger partial charge in [0.25, 0.3) is 0 Å². The molecule has 0 spiro atoms. The summed E-state index contributed by atoms with van der Waals surface area (Å²) in [7, 11) is 0. The van der Waals surface area contributed by atoms with Gasteiger partial charge in [-0.1, -0.05) is 11.6 Å². The Morgan fingerprint density at radius 3 is 3.00 bits per heavy atom. The lowest BCUT2D eigenvalue weighted by Crippen LogP contribution is -2.48. The molecule has 0 unspecified atom stereocenters. The minimum Gasteiger partial charge on any atom is -0.390 e. The molecule has 2 N–H and O–H groups in total. The van der Waals surface area contributed by atoms with Crippen LogP contribution in [0.3, 0.4) is 0 Å². The molecular weight excluding hydrogens is 258 g/mol. The zero-order valence-electron chi connectivity index (χ0n) is 9.27. The molecular formula is C11H12ClN3OS. The van der Waals surface area contributed by atoms with E-state index in [2.05, 4.69) is 15.5 Å². The van der Waals surface area contributed by atoms with Gasteiger partial charge in [0.1, 0.15) is 0 Å². The first kappa shape index (κ1) is 11.2. The zero-order chi connectivity index (χ0) is 12.0. The van der Waals surface area contributed by atoms with E-state index in [0.717, 1.165) is 28.7 Å². The molecule has 0 bridgehead atoms. The fourth-order valence-electron chi connectivity index (χ4n) is 2.25. The molecule has 3 rings (SSSR count). The van der Waals surface area contributed by atoms with Crippen LogP contribution in [-0.4, -0.2) is 26.9 Å². The summed E-state index contributed by atoms with van der Waals surface area (Å²) >= 11 is 7.53. The van der Waals surface area contributed by atoms with Crippen LogP contribution in [0.2, 0.25) is 5.15 Å². The number of anilines is 1. The Morgan fingerprint density at radius 2 is 2.29 bits per heavy atom. The Balaban J connectivity index is 1.87. The molecule has 1 aliphatic carbocycles. The molecule has 0 aliphatic heterocycles. The minimum absolute atomic E-state index is 0.267. The third-order valence-electron chi connectivity index (χ3n) is 3.06. The van der Waals surface area contributed by atoms with E-state index >= 15 is 0 Å². The standard InChI is InChI=1S/C11H12ClN3OS/c1-11(16)4-6(5-11)13-10-7-2-3-17-8(7)9(12)14-15-10/h2-3,6,16H,4-5H2,1H3,(H,13,15). The lowest BCUT2D eigenvalue weighted by Gasteiger charge is -2.41. The summed E-state index contributed by atoms with van der Waals surface area (Å²) in [6, 6.07) is 2.25. The summed E-state index contributed by atoms with van der Waals surface area (Å²) in [5, 5.41) is 24.4. The van der Waals surface area contributed by atoms with Gasteiger partial charge in [0, 0.05) is 11.4 Å². The van der Waals surface area contributed by atoms with Crippen molar-refractivity contribution in [3.63, 3.8) is 0 Å². The summed E-state index contributed by atoms with van der Waals surface area (Å²) in [6.45, 7) is 1.85. The van der Waals surface area contributed by atoms with Crippen LogP contribution in [0.25, 0.3) is 10.1 Å². The number of aromatic nitrogens is 2. The highest BCUT2D eigenvalue weighted by molar-refractivity contribution is 7.17. The molecule has 2 aromatic heterocycles. The maximum atomic E-state index is 9.68. The summed E-state index contributed by atoms with van der Waals surface area (Å²) in [6.07, 6.45) is 1.48. The maximum Gasteiger partial charge on any atom is 0.169 e. The van der Waals surface area contributed by atoms with Crippen LogP contribution in [-0.2, 0) is 0 Å². The van der Waals surface area contributed by atoms with E-state index in [1.165, 1.54) is 0 Å². The lowest BCUT2D eigenvalue weighted by molar-refractivity contribution is -0.0235. The van der Waals surface area contributed by atoms with Gasteiger partial charge in [0.15, 0.2) is 11.0 Å². The summed E-state index contributed by atoms with van der Waals surface area (Å²) in [5.74, 6) is 0.756. The molecule has 0 saturated heterocycles. The van der Waals surface area contributed by atoms with E-state index in [9.17, 15) is 5.11 Å². The molecule has 90 valence electrons. The topological polar surface area (TPSA) is 58.0 Å². The van der Waals surface area contributed by atoms with Crippen molar-refractivity contribution >= 4 is 38.8 Å². The molecule has 2 aromatic rings. The Bertz CT molecular complexity index is 561. The van der Waals surface area contributed by atoms with Crippen LogP contribution in [0.4, 0.5) is 5.82 Å². The lowest BCUT2D eigenvalue weighted by atomic mass is 9.77. The van der Waals surface area contributed by atoms with Crippen LogP contribution >= 0.6 is 22.9 Å². The normalized spacial score (nSPS) is 28.1. The van der Waals surface area contributed by atoms with E-state index in [1.54, 1.807) is 11.3 Å². The summed E-state index contributed by atoms with van der Waals surface area (Å²) < 4.78 is 0.954. The van der Waals surface area contributed by atoms with Crippen LogP contribution in [0.15, 0.2) is 11.4 Å². The number of nitrogens with one attached hydrogen (secondary N) is 1. The Labute approximate surface area is 108 Å². The van der Waals surface area contributed by atoms with Crippen molar-refractivity contribution in [1.29, 1.82) is 0 Å². The second-order valence-corrected chi connectivity index (χ2v) is 6.02. The molecule has 1 aliphatic rings. The number of hydrogen-bond donors (Lipinski definition) is 2. The van der Waals surface area contributed by atoms with E-state index in [-0.39, 0.29) is 6.04 Å². The first-order valence-corrected chi connectivity index (χ1v) is 6.69. The van der Waals surface area contributed by atoms with Crippen molar-refractivity contribution in [2.45, 2.75) is 31.4 Å². The number of rotatable bonds is 2. The van der Waals surface area contributed by atoms with Gasteiger partial charge in [-0.25, -0.2) is 0 Å². The SMILES string of the molecule is CC1(O)CC(Nc2nnc(Cl)c3sccc23)C1. The van der Waals surface area contributed by atoms with Crippen molar-refractivity contribution in [3.8, 4) is 0 Å². The highest BCUT2D eigenvalue weighted by Gasteiger charge is 2.38. The molecule has 6 heteroatoms. The third kappa shape index (κ3) is 1.99. The highest BCUT2D eigenvalue weighted by Crippen LogP contribution is 2.36. The molecule has 2 heterocycles. The van der Waals surface area contributed by atoms with Crippen molar-refractivity contribution in [1.82, 2.24) is 10.2 Å². The van der Waals surface area contributed by atoms with Crippen LogP contribution in [0, 0.1) is 0 Å². The summed E-state index contributed by atoms with van der Waals surface area (Å²) in [4.78, 5) is 0. The average molecular weight is 270 g/mol. The van der Waals surface area contributed by atoms with Gasteiger partial charge in [0.2, 0.25) is 0 Å². The first-order valence-electron chi connectivity index (χ1n) is 5.43. The number of aliphatic hydroxyl groups is 1. The number of nitrogens with zero attached hydrogens (tertiary/aromatic N) is 2. The smallest absolute Gasteiger partial charge is 0.169 e. The van der Waals surface area contributed by atoms with E-state index in [0.29, 0.717) is 5.15 Å². The average Bonchev–Trinajstić information content (AvgIpc) is 2.69. The molecule has 17 heavy (non-hydrogen) atoms. The molecule has 1 fully saturated rings. The van der Waals surface area contributed by atoms with E-state index < -0.39 is 5.60 Å². The second-order valence-electron chi connectivity index (χ2n) is 4.75. The van der Waals surface area contributed by atoms with Gasteiger partial charge in [0.05, 0.1) is 10.3 Å². The van der Waals surface area contributed by atoms with Gasteiger partial charge in [-0.3, -0.25) is 0 Å². The fraction of sp³-hybridized carbons (Fsp3) is 0.455. The predicted octanol–water partition coefficient (Wildman–Crippen LogP) is 2.67. The third-order valence-corrected chi connectivity index (χ3v) is 4.36. The minimum atomic E-state index is -0.536. The van der Waals surface area contributed by atoms with Gasteiger partial charge >= 0.3 is 0 Å². The van der Waals surface area contributed by atoms with Crippen LogP contribution in [0.5, 0.6) is 0 Å². The van der Waals surface area contributed by atoms with Gasteiger partial charge in [-0.05, 0) is 31.2 Å². The van der Waals surface area contributed by atoms with Gasteiger partial charge in [-0.15, -0.1) is 21.5 Å². The van der Waals surface area contributed by atoms with E-state index in [4.69, 9.17) is 11.6 Å². The van der Waals surface area contributed by atoms with Crippen molar-refractivity contribution in [2.75, 3.05) is 5.32 Å².